The Labute approximate surface area is 248 Å². The molecule has 3 aliphatic rings. The van der Waals surface area contributed by atoms with E-state index in [1.807, 2.05) is 46.8 Å². The highest BCUT2D eigenvalue weighted by Crippen LogP contribution is 2.66. The first kappa shape index (κ1) is 31.3. The predicted molar refractivity (Wildman–Crippen MR) is 161 cm³/mol. The number of aliphatic hydroxyl groups is 1. The van der Waals surface area contributed by atoms with Gasteiger partial charge in [-0.2, -0.15) is 0 Å². The third-order valence-electron chi connectivity index (χ3n) is 9.52. The first-order chi connectivity index (χ1) is 19.5. The van der Waals surface area contributed by atoms with Crippen LogP contribution in [0.5, 0.6) is 0 Å². The van der Waals surface area contributed by atoms with Crippen molar-refractivity contribution in [3.8, 4) is 0 Å². The number of carbonyl (C=O) groups excluding carboxylic acids is 3. The van der Waals surface area contributed by atoms with Crippen molar-refractivity contribution in [2.24, 2.45) is 17.8 Å². The van der Waals surface area contributed by atoms with E-state index in [9.17, 15) is 19.5 Å². The highest BCUT2D eigenvalue weighted by molar-refractivity contribution is 6.34. The second-order valence-electron chi connectivity index (χ2n) is 11.9. The zero-order valence-electron chi connectivity index (χ0n) is 24.9. The largest absolute Gasteiger partial charge is 0.394 e. The van der Waals surface area contributed by atoms with Crippen LogP contribution in [0.2, 0.25) is 5.02 Å². The summed E-state index contributed by atoms with van der Waals surface area (Å²) in [6, 6.07) is 3.77. The molecule has 7 atom stereocenters. The van der Waals surface area contributed by atoms with Crippen LogP contribution in [-0.4, -0.2) is 82.2 Å². The lowest BCUT2D eigenvalue weighted by Gasteiger charge is -2.39. The molecule has 3 aliphatic heterocycles. The molecule has 1 N–H and O–H groups in total. The summed E-state index contributed by atoms with van der Waals surface area (Å²) < 4.78 is 6.90. The predicted octanol–water partition coefficient (Wildman–Crippen LogP) is 4.37. The second-order valence-corrected chi connectivity index (χ2v) is 12.3. The van der Waals surface area contributed by atoms with E-state index >= 15 is 0 Å². The standard InChI is InChI=1S/C32H44ClN3O5/c1-8-15-34(16-9-2)28(38)24-25-29(39)36(22(11-4)19-37)27(32(25)18-21(6)31(24,7)41-32)30(40)35(17-10-3)26-20(5)13-12-14-23(26)33/h8,10,12-14,21-22,24-25,27,37H,1,3,9,11,15-19H2,2,4-7H3/t21?,22-,24-,25-,27?,31+,32?/m0/s1. The van der Waals surface area contributed by atoms with E-state index in [1.165, 1.54) is 4.90 Å². The van der Waals surface area contributed by atoms with Gasteiger partial charge >= 0.3 is 0 Å². The second kappa shape index (κ2) is 11.9. The number of aryl methyl sites for hydroxylation is 1. The average Bonchev–Trinajstić information content (AvgIpc) is 3.45. The Morgan fingerprint density at radius 2 is 1.93 bits per heavy atom. The fourth-order valence-electron chi connectivity index (χ4n) is 7.59. The Balaban J connectivity index is 1.91. The van der Waals surface area contributed by atoms with Crippen LogP contribution >= 0.6 is 11.6 Å². The molecule has 1 aromatic rings. The van der Waals surface area contributed by atoms with Crippen molar-refractivity contribution < 1.29 is 24.2 Å². The van der Waals surface area contributed by atoms with Gasteiger partial charge in [-0.3, -0.25) is 14.4 Å². The molecule has 0 radical (unpaired) electrons. The molecule has 224 valence electrons. The van der Waals surface area contributed by atoms with Gasteiger partial charge in [0, 0.05) is 19.6 Å². The van der Waals surface area contributed by atoms with Gasteiger partial charge in [0.05, 0.1) is 40.8 Å². The van der Waals surface area contributed by atoms with E-state index in [2.05, 4.69) is 13.2 Å². The molecule has 9 heteroatoms. The van der Waals surface area contributed by atoms with Crippen molar-refractivity contribution in [2.45, 2.75) is 77.2 Å². The molecule has 0 aliphatic carbocycles. The van der Waals surface area contributed by atoms with Crippen LogP contribution in [0.3, 0.4) is 0 Å². The lowest BCUT2D eigenvalue weighted by Crippen LogP contribution is -2.59. The Morgan fingerprint density at radius 3 is 2.49 bits per heavy atom. The monoisotopic (exact) mass is 585 g/mol. The molecule has 3 heterocycles. The van der Waals surface area contributed by atoms with Gasteiger partial charge in [0.25, 0.3) is 5.91 Å². The lowest BCUT2D eigenvalue weighted by molar-refractivity contribution is -0.153. The summed E-state index contributed by atoms with van der Waals surface area (Å²) in [5, 5.41) is 10.8. The Hall–Kier alpha value is -2.68. The number of ether oxygens (including phenoxy) is 1. The van der Waals surface area contributed by atoms with E-state index in [0.717, 1.165) is 12.0 Å². The summed E-state index contributed by atoms with van der Waals surface area (Å²) in [5.74, 6) is -2.54. The molecule has 1 spiro atoms. The van der Waals surface area contributed by atoms with Gasteiger partial charge in [-0.1, -0.05) is 56.7 Å². The highest BCUT2D eigenvalue weighted by Gasteiger charge is 2.80. The molecule has 41 heavy (non-hydrogen) atoms. The zero-order chi connectivity index (χ0) is 30.3. The number of nitrogens with zero attached hydrogens (tertiary/aromatic N) is 3. The number of halogens is 1. The number of likely N-dealkylation sites (tertiary alicyclic amines) is 1. The van der Waals surface area contributed by atoms with Gasteiger partial charge in [-0.15, -0.1) is 13.2 Å². The summed E-state index contributed by atoms with van der Waals surface area (Å²) >= 11 is 6.65. The minimum atomic E-state index is -1.23. The summed E-state index contributed by atoms with van der Waals surface area (Å²) in [6.07, 6.45) is 4.95. The summed E-state index contributed by atoms with van der Waals surface area (Å²) in [7, 11) is 0. The first-order valence-electron chi connectivity index (χ1n) is 14.7. The van der Waals surface area contributed by atoms with Crippen LogP contribution < -0.4 is 4.90 Å². The molecule has 0 saturated carbocycles. The van der Waals surface area contributed by atoms with E-state index in [0.29, 0.717) is 36.6 Å². The van der Waals surface area contributed by atoms with Gasteiger partial charge < -0.3 is 24.5 Å². The number of fused-ring (bicyclic) bond motifs is 1. The van der Waals surface area contributed by atoms with Crippen molar-refractivity contribution in [3.05, 3.63) is 54.1 Å². The average molecular weight is 586 g/mol. The lowest BCUT2D eigenvalue weighted by atomic mass is 9.62. The number of para-hydroxylation sites is 1. The molecule has 1 aromatic carbocycles. The summed E-state index contributed by atoms with van der Waals surface area (Å²) in [4.78, 5) is 48.4. The minimum absolute atomic E-state index is 0.0907. The van der Waals surface area contributed by atoms with Gasteiger partial charge in [-0.25, -0.2) is 0 Å². The molecule has 3 unspecified atom stereocenters. The summed E-state index contributed by atoms with van der Waals surface area (Å²) in [6.45, 7) is 18.1. The molecular formula is C32H44ClN3O5. The van der Waals surface area contributed by atoms with Gasteiger partial charge in [0.2, 0.25) is 11.8 Å². The smallest absolute Gasteiger partial charge is 0.253 e. The van der Waals surface area contributed by atoms with Gasteiger partial charge in [-0.05, 0) is 50.7 Å². The van der Waals surface area contributed by atoms with Crippen LogP contribution in [0.25, 0.3) is 0 Å². The van der Waals surface area contributed by atoms with Crippen LogP contribution in [0, 0.1) is 24.7 Å². The molecule has 3 fully saturated rings. The van der Waals surface area contributed by atoms with Crippen molar-refractivity contribution in [2.75, 3.05) is 31.1 Å². The SMILES string of the molecule is C=CCN(CCC)C(=O)[C@@H]1[C@H]2C(=O)N([C@@H](CC)CO)C(C(=O)N(CC=C)c3c(C)cccc3Cl)C23CC(C)[C@@]1(C)O3. The number of hydrogen-bond acceptors (Lipinski definition) is 5. The maximum atomic E-state index is 14.8. The molecule has 3 amide bonds. The normalized spacial score (nSPS) is 30.7. The zero-order valence-corrected chi connectivity index (χ0v) is 25.7. The van der Waals surface area contributed by atoms with E-state index in [4.69, 9.17) is 16.3 Å². The fraction of sp³-hybridized carbons (Fsp3) is 0.594. The number of amides is 3. The number of aliphatic hydroxyl groups excluding tert-OH is 1. The first-order valence-corrected chi connectivity index (χ1v) is 15.1. The Kier molecular flexibility index (Phi) is 9.07. The number of hydrogen-bond donors (Lipinski definition) is 1. The van der Waals surface area contributed by atoms with Crippen molar-refractivity contribution >= 4 is 35.0 Å². The van der Waals surface area contributed by atoms with E-state index < -0.39 is 35.1 Å². The van der Waals surface area contributed by atoms with Crippen LogP contribution in [0.1, 0.15) is 52.5 Å². The third kappa shape index (κ3) is 4.72. The molecule has 8 nitrogen and oxygen atoms in total. The molecule has 2 bridgehead atoms. The minimum Gasteiger partial charge on any atom is -0.394 e. The van der Waals surface area contributed by atoms with Gasteiger partial charge in [0.15, 0.2) is 0 Å². The number of rotatable bonds is 12. The topological polar surface area (TPSA) is 90.4 Å². The molecule has 4 rings (SSSR count). The van der Waals surface area contributed by atoms with Crippen LogP contribution in [0.15, 0.2) is 43.5 Å². The maximum absolute atomic E-state index is 14.8. The number of anilines is 1. The number of carbonyl (C=O) groups is 3. The van der Waals surface area contributed by atoms with E-state index in [-0.39, 0.29) is 36.8 Å². The Morgan fingerprint density at radius 1 is 1.24 bits per heavy atom. The number of benzene rings is 1. The molecule has 0 aromatic heterocycles. The van der Waals surface area contributed by atoms with Crippen molar-refractivity contribution in [1.29, 1.82) is 0 Å². The van der Waals surface area contributed by atoms with Crippen LogP contribution in [0.4, 0.5) is 5.69 Å². The molecule has 3 saturated heterocycles. The maximum Gasteiger partial charge on any atom is 0.253 e. The highest BCUT2D eigenvalue weighted by atomic mass is 35.5. The van der Waals surface area contributed by atoms with Crippen molar-refractivity contribution in [1.82, 2.24) is 9.80 Å². The molecular weight excluding hydrogens is 542 g/mol. The fourth-order valence-corrected chi connectivity index (χ4v) is 7.91. The summed E-state index contributed by atoms with van der Waals surface area (Å²) in [5.41, 5.74) is -0.814. The van der Waals surface area contributed by atoms with Crippen molar-refractivity contribution in [3.63, 3.8) is 0 Å². The van der Waals surface area contributed by atoms with Crippen LogP contribution in [-0.2, 0) is 19.1 Å². The quantitative estimate of drug-likeness (QED) is 0.368. The third-order valence-corrected chi connectivity index (χ3v) is 9.82. The van der Waals surface area contributed by atoms with Gasteiger partial charge in [0.1, 0.15) is 11.6 Å². The van der Waals surface area contributed by atoms with E-state index in [1.54, 1.807) is 28.0 Å². The Bertz CT molecular complexity index is 1200.